The molecule has 4 heteroatoms. The van der Waals surface area contributed by atoms with Crippen LogP contribution in [0, 0.1) is 0 Å². The van der Waals surface area contributed by atoms with Crippen LogP contribution in [0.4, 0.5) is 0 Å². The minimum absolute atomic E-state index is 0.907. The molecule has 0 unspecified atom stereocenters. The normalized spacial score (nSPS) is 11.2. The molecule has 9 rings (SSSR count). The maximum Gasteiger partial charge on any atom is 0.0978 e. The summed E-state index contributed by atoms with van der Waals surface area (Å²) in [5, 5.41) is 2.16. The molecule has 0 aliphatic carbocycles. The summed E-state index contributed by atoms with van der Waals surface area (Å²) in [5.74, 6) is 0. The molecule has 0 fully saturated rings. The molecule has 0 atom stereocenters. The molecule has 0 spiro atoms. The molecular weight excluding hydrogens is 609 g/mol. The summed E-state index contributed by atoms with van der Waals surface area (Å²) in [6.07, 6.45) is 9.29. The van der Waals surface area contributed by atoms with E-state index >= 15 is 0 Å². The zero-order valence-corrected chi connectivity index (χ0v) is 27.1. The van der Waals surface area contributed by atoms with Crippen molar-refractivity contribution in [3.63, 3.8) is 0 Å². The number of rotatable bonds is 6. The highest BCUT2D eigenvalue weighted by molar-refractivity contribution is 6.09. The minimum Gasteiger partial charge on any atom is -0.264 e. The van der Waals surface area contributed by atoms with Crippen LogP contribution in [0.5, 0.6) is 0 Å². The first kappa shape index (κ1) is 29.4. The molecule has 4 heterocycles. The lowest BCUT2D eigenvalue weighted by Gasteiger charge is -2.14. The van der Waals surface area contributed by atoms with Crippen LogP contribution in [0.3, 0.4) is 0 Å². The second kappa shape index (κ2) is 12.7. The second-order valence-electron chi connectivity index (χ2n) is 12.4. The molecule has 0 saturated heterocycles. The Morgan fingerprint density at radius 3 is 1.54 bits per heavy atom. The van der Waals surface area contributed by atoms with Crippen molar-refractivity contribution in [3.8, 4) is 66.9 Å². The quantitative estimate of drug-likeness (QED) is 0.170. The maximum atomic E-state index is 5.17. The van der Waals surface area contributed by atoms with Crippen molar-refractivity contribution in [2.75, 3.05) is 0 Å². The van der Waals surface area contributed by atoms with Crippen LogP contribution in [0.25, 0.3) is 88.7 Å². The Morgan fingerprint density at radius 2 is 0.880 bits per heavy atom. The molecule has 0 N–H and O–H groups in total. The predicted octanol–water partition coefficient (Wildman–Crippen LogP) is 11.6. The third-order valence-electron chi connectivity index (χ3n) is 9.25. The van der Waals surface area contributed by atoms with Crippen molar-refractivity contribution in [1.82, 2.24) is 19.9 Å². The third-order valence-corrected chi connectivity index (χ3v) is 9.25. The van der Waals surface area contributed by atoms with E-state index in [1.165, 1.54) is 0 Å². The summed E-state index contributed by atoms with van der Waals surface area (Å²) in [4.78, 5) is 18.7. The first-order valence-electron chi connectivity index (χ1n) is 16.7. The number of benzene rings is 5. The van der Waals surface area contributed by atoms with Gasteiger partial charge in [-0.3, -0.25) is 15.0 Å². The molecule has 0 bridgehead atoms. The number of nitrogens with zero attached hydrogens (tertiary/aromatic N) is 4. The van der Waals surface area contributed by atoms with E-state index in [1.54, 1.807) is 0 Å². The molecule has 9 aromatic rings. The van der Waals surface area contributed by atoms with Gasteiger partial charge in [0.05, 0.1) is 16.7 Å². The monoisotopic (exact) mass is 638 g/mol. The van der Waals surface area contributed by atoms with Gasteiger partial charge in [0.2, 0.25) is 0 Å². The van der Waals surface area contributed by atoms with E-state index in [4.69, 9.17) is 9.97 Å². The van der Waals surface area contributed by atoms with Crippen molar-refractivity contribution >= 4 is 21.8 Å². The Morgan fingerprint density at radius 1 is 0.340 bits per heavy atom. The summed E-state index contributed by atoms with van der Waals surface area (Å²) in [7, 11) is 0. The summed E-state index contributed by atoms with van der Waals surface area (Å²) < 4.78 is 0. The molecular formula is C46H30N4. The van der Waals surface area contributed by atoms with Crippen LogP contribution in [0.1, 0.15) is 0 Å². The van der Waals surface area contributed by atoms with Gasteiger partial charge in [0, 0.05) is 58.4 Å². The Kier molecular flexibility index (Phi) is 7.45. The van der Waals surface area contributed by atoms with E-state index in [2.05, 4.69) is 137 Å². The van der Waals surface area contributed by atoms with Crippen molar-refractivity contribution in [3.05, 3.63) is 183 Å². The summed E-state index contributed by atoms with van der Waals surface area (Å²) >= 11 is 0. The topological polar surface area (TPSA) is 51.6 Å². The number of fused-ring (bicyclic) bond motifs is 3. The Labute approximate surface area is 290 Å². The zero-order valence-electron chi connectivity index (χ0n) is 27.1. The van der Waals surface area contributed by atoms with Crippen molar-refractivity contribution in [1.29, 1.82) is 0 Å². The van der Waals surface area contributed by atoms with E-state index in [-0.39, 0.29) is 0 Å². The summed E-state index contributed by atoms with van der Waals surface area (Å²) in [6.45, 7) is 0. The highest BCUT2D eigenvalue weighted by Crippen LogP contribution is 2.38. The zero-order chi connectivity index (χ0) is 33.3. The van der Waals surface area contributed by atoms with Gasteiger partial charge in [-0.1, -0.05) is 97.1 Å². The maximum absolute atomic E-state index is 5.17. The lowest BCUT2D eigenvalue weighted by molar-refractivity contribution is 1.32. The van der Waals surface area contributed by atoms with Gasteiger partial charge in [-0.15, -0.1) is 0 Å². The molecule has 0 saturated carbocycles. The van der Waals surface area contributed by atoms with E-state index in [9.17, 15) is 0 Å². The predicted molar refractivity (Wildman–Crippen MR) is 205 cm³/mol. The first-order chi connectivity index (χ1) is 24.8. The fraction of sp³-hybridized carbons (Fsp3) is 0. The Bertz CT molecular complexity index is 2580. The van der Waals surface area contributed by atoms with Gasteiger partial charge in [0.15, 0.2) is 0 Å². The van der Waals surface area contributed by atoms with Crippen LogP contribution in [0.2, 0.25) is 0 Å². The van der Waals surface area contributed by atoms with Crippen LogP contribution in [0.15, 0.2) is 183 Å². The van der Waals surface area contributed by atoms with E-state index in [0.29, 0.717) is 0 Å². The van der Waals surface area contributed by atoms with Crippen LogP contribution >= 0.6 is 0 Å². The van der Waals surface area contributed by atoms with Crippen LogP contribution < -0.4 is 0 Å². The molecule has 0 amide bonds. The fourth-order valence-electron chi connectivity index (χ4n) is 6.76. The number of aromatic nitrogens is 4. The summed E-state index contributed by atoms with van der Waals surface area (Å²) in [5.41, 5.74) is 15.0. The lowest BCUT2D eigenvalue weighted by Crippen LogP contribution is -1.92. The fourth-order valence-corrected chi connectivity index (χ4v) is 6.76. The average molecular weight is 639 g/mol. The molecule has 5 aromatic carbocycles. The first-order valence-corrected chi connectivity index (χ1v) is 16.7. The molecule has 4 aromatic heterocycles. The molecule has 50 heavy (non-hydrogen) atoms. The molecule has 0 aliphatic heterocycles. The molecule has 4 nitrogen and oxygen atoms in total. The Hall–Kier alpha value is -6.78. The SMILES string of the molecule is c1ccc(-c2cc(-c3cccc(-c4cccc(-c5cc(-c6cccnc6)cc(-c6cccnc6)c5)c4)c3)c3ccc4cccnc4c3n2)cc1. The van der Waals surface area contributed by atoms with Gasteiger partial charge in [-0.2, -0.15) is 0 Å². The minimum atomic E-state index is 0.907. The lowest BCUT2D eigenvalue weighted by atomic mass is 9.92. The van der Waals surface area contributed by atoms with E-state index in [1.807, 2.05) is 55.2 Å². The molecule has 234 valence electrons. The Balaban J connectivity index is 1.17. The van der Waals surface area contributed by atoms with Crippen LogP contribution in [-0.2, 0) is 0 Å². The third kappa shape index (κ3) is 5.59. The van der Waals surface area contributed by atoms with Gasteiger partial charge in [0.25, 0.3) is 0 Å². The molecule has 0 radical (unpaired) electrons. The van der Waals surface area contributed by atoms with Crippen molar-refractivity contribution in [2.45, 2.75) is 0 Å². The van der Waals surface area contributed by atoms with Crippen molar-refractivity contribution < 1.29 is 0 Å². The summed E-state index contributed by atoms with van der Waals surface area (Å²) in [6, 6.07) is 53.5. The highest BCUT2D eigenvalue weighted by Gasteiger charge is 2.14. The highest BCUT2D eigenvalue weighted by atomic mass is 14.8. The van der Waals surface area contributed by atoms with Gasteiger partial charge in [-0.25, -0.2) is 4.98 Å². The van der Waals surface area contributed by atoms with Gasteiger partial charge in [0.1, 0.15) is 0 Å². The average Bonchev–Trinajstić information content (AvgIpc) is 3.21. The number of hydrogen-bond acceptors (Lipinski definition) is 4. The van der Waals surface area contributed by atoms with Gasteiger partial charge in [-0.05, 0) is 99.1 Å². The van der Waals surface area contributed by atoms with Crippen molar-refractivity contribution in [2.24, 2.45) is 0 Å². The number of pyridine rings is 4. The van der Waals surface area contributed by atoms with E-state index < -0.39 is 0 Å². The van der Waals surface area contributed by atoms with Gasteiger partial charge >= 0.3 is 0 Å². The second-order valence-corrected chi connectivity index (χ2v) is 12.4. The number of hydrogen-bond donors (Lipinski definition) is 0. The smallest absolute Gasteiger partial charge is 0.0978 e. The standard InChI is InChI=1S/C46H30N4/c1-2-9-31(10-3-1)44-28-43(42-19-18-32-15-8-22-49-45(32)46(42)50-44)36-14-5-12-34(24-36)33-11-4-13-35(23-33)39-25-40(37-16-6-20-47-29-37)27-41(26-39)38-17-7-21-48-30-38/h1-30H. The largest absolute Gasteiger partial charge is 0.264 e. The van der Waals surface area contributed by atoms with E-state index in [0.717, 1.165) is 88.7 Å². The van der Waals surface area contributed by atoms with Gasteiger partial charge < -0.3 is 0 Å². The molecule has 0 aliphatic rings. The van der Waals surface area contributed by atoms with Crippen LogP contribution in [-0.4, -0.2) is 19.9 Å².